The van der Waals surface area contributed by atoms with Crippen molar-refractivity contribution in [1.82, 2.24) is 14.8 Å². The number of fused-ring (bicyclic) bond motifs is 1. The van der Waals surface area contributed by atoms with Crippen LogP contribution in [-0.2, 0) is 4.79 Å². The third-order valence-electron chi connectivity index (χ3n) is 5.39. The number of anilines is 1. The van der Waals surface area contributed by atoms with E-state index in [9.17, 15) is 4.79 Å². The van der Waals surface area contributed by atoms with Gasteiger partial charge >= 0.3 is 0 Å². The number of ether oxygens (including phenoxy) is 2. The number of nitrogens with zero attached hydrogens (tertiary/aromatic N) is 3. The first-order chi connectivity index (χ1) is 14.4. The molecule has 0 saturated heterocycles. The van der Waals surface area contributed by atoms with Crippen LogP contribution in [0, 0.1) is 5.41 Å². The molecule has 1 N–H and O–H groups in total. The predicted octanol–water partition coefficient (Wildman–Crippen LogP) is 4.46. The maximum atomic E-state index is 13.3. The van der Waals surface area contributed by atoms with Crippen molar-refractivity contribution in [3.8, 4) is 11.5 Å². The third kappa shape index (κ3) is 3.69. The lowest BCUT2D eigenvalue weighted by molar-refractivity contribution is -0.118. The number of benzene rings is 1. The summed E-state index contributed by atoms with van der Waals surface area (Å²) < 4.78 is 13.1. The van der Waals surface area contributed by atoms with E-state index in [1.807, 2.05) is 29.8 Å². The van der Waals surface area contributed by atoms with Gasteiger partial charge in [0, 0.05) is 17.7 Å². The minimum Gasteiger partial charge on any atom is -0.493 e. The number of thioether (sulfide) groups is 1. The molecule has 0 spiro atoms. The van der Waals surface area contributed by atoms with E-state index in [4.69, 9.17) is 14.6 Å². The van der Waals surface area contributed by atoms with Crippen molar-refractivity contribution < 1.29 is 14.3 Å². The zero-order valence-corrected chi connectivity index (χ0v) is 18.9. The molecule has 1 aromatic carbocycles. The number of carbonyl (C=O) groups excluding carboxylic acids is 1. The van der Waals surface area contributed by atoms with E-state index in [-0.39, 0.29) is 17.2 Å². The summed E-state index contributed by atoms with van der Waals surface area (Å²) >= 11 is 1.59. The monoisotopic (exact) mass is 428 g/mol. The van der Waals surface area contributed by atoms with Gasteiger partial charge in [0.2, 0.25) is 11.1 Å². The number of aromatic nitrogens is 3. The Labute approximate surface area is 181 Å². The minimum absolute atomic E-state index is 0.0901. The first kappa shape index (κ1) is 20.8. The lowest BCUT2D eigenvalue weighted by Gasteiger charge is -2.38. The average Bonchev–Trinajstić information content (AvgIpc) is 3.08. The van der Waals surface area contributed by atoms with Gasteiger partial charge in [0.25, 0.3) is 0 Å². The van der Waals surface area contributed by atoms with Gasteiger partial charge in [0.15, 0.2) is 17.3 Å². The van der Waals surface area contributed by atoms with Gasteiger partial charge in [-0.1, -0.05) is 38.6 Å². The summed E-state index contributed by atoms with van der Waals surface area (Å²) in [7, 11) is 1.62. The van der Waals surface area contributed by atoms with E-state index >= 15 is 0 Å². The lowest BCUT2D eigenvalue weighted by Crippen LogP contribution is -2.36. The van der Waals surface area contributed by atoms with Crippen molar-refractivity contribution in [2.75, 3.05) is 24.8 Å². The van der Waals surface area contributed by atoms with Crippen LogP contribution in [0.5, 0.6) is 11.5 Å². The number of allylic oxidation sites excluding steroid dienone is 2. The molecule has 160 valence electrons. The van der Waals surface area contributed by atoms with Crippen LogP contribution < -0.4 is 14.8 Å². The quantitative estimate of drug-likeness (QED) is 0.681. The molecule has 2 aromatic rings. The first-order valence-corrected chi connectivity index (χ1v) is 11.3. The maximum absolute atomic E-state index is 13.3. The van der Waals surface area contributed by atoms with E-state index in [1.54, 1.807) is 18.9 Å². The first-order valence-electron chi connectivity index (χ1n) is 10.3. The van der Waals surface area contributed by atoms with E-state index in [2.05, 4.69) is 31.1 Å². The fraction of sp³-hybridized carbons (Fsp3) is 0.500. The second kappa shape index (κ2) is 7.98. The van der Waals surface area contributed by atoms with Crippen LogP contribution in [-0.4, -0.2) is 40.0 Å². The molecule has 7 nitrogen and oxygen atoms in total. The van der Waals surface area contributed by atoms with Crippen molar-refractivity contribution in [3.05, 3.63) is 35.0 Å². The molecule has 0 saturated carbocycles. The van der Waals surface area contributed by atoms with Gasteiger partial charge in [-0.25, -0.2) is 4.68 Å². The van der Waals surface area contributed by atoms with Crippen molar-refractivity contribution in [1.29, 1.82) is 0 Å². The Balaban J connectivity index is 1.87. The Bertz CT molecular complexity index is 1010. The predicted molar refractivity (Wildman–Crippen MR) is 117 cm³/mol. The van der Waals surface area contributed by atoms with Gasteiger partial charge in [-0.2, -0.15) is 4.98 Å². The molecule has 1 aromatic heterocycles. The molecular formula is C22H28N4O3S. The second-order valence-corrected chi connectivity index (χ2v) is 9.53. The molecule has 0 radical (unpaired) electrons. The van der Waals surface area contributed by atoms with Gasteiger partial charge in [0.1, 0.15) is 6.04 Å². The third-order valence-corrected chi connectivity index (χ3v) is 6.11. The van der Waals surface area contributed by atoms with Crippen LogP contribution in [0.2, 0.25) is 0 Å². The SMILES string of the molecule is CCOc1ccc(C2C3=C(CC(C)(C)CC3=O)Nc3nc(SCC)nn32)cc1OC. The van der Waals surface area contributed by atoms with Crippen molar-refractivity contribution in [2.45, 2.75) is 51.7 Å². The molecule has 4 rings (SSSR count). The molecule has 0 bridgehead atoms. The van der Waals surface area contributed by atoms with E-state index in [0.717, 1.165) is 29.0 Å². The van der Waals surface area contributed by atoms with Gasteiger partial charge in [-0.3, -0.25) is 4.79 Å². The van der Waals surface area contributed by atoms with E-state index in [0.29, 0.717) is 35.6 Å². The number of hydrogen-bond donors (Lipinski definition) is 1. The van der Waals surface area contributed by atoms with Gasteiger partial charge < -0.3 is 14.8 Å². The van der Waals surface area contributed by atoms with Crippen molar-refractivity contribution in [3.63, 3.8) is 0 Å². The molecule has 1 atom stereocenters. The molecular weight excluding hydrogens is 400 g/mol. The van der Waals surface area contributed by atoms with Crippen molar-refractivity contribution >= 4 is 23.5 Å². The van der Waals surface area contributed by atoms with Crippen LogP contribution in [0.15, 0.2) is 34.6 Å². The molecule has 1 unspecified atom stereocenters. The Morgan fingerprint density at radius 3 is 2.77 bits per heavy atom. The molecule has 1 aliphatic heterocycles. The smallest absolute Gasteiger partial charge is 0.227 e. The summed E-state index contributed by atoms with van der Waals surface area (Å²) in [5.74, 6) is 3.03. The molecule has 1 aliphatic carbocycles. The molecule has 30 heavy (non-hydrogen) atoms. The number of methoxy groups -OCH3 is 1. The normalized spacial score (nSPS) is 19.8. The van der Waals surface area contributed by atoms with E-state index < -0.39 is 0 Å². The summed E-state index contributed by atoms with van der Waals surface area (Å²) in [6.07, 6.45) is 1.31. The molecule has 8 heteroatoms. The highest BCUT2D eigenvalue weighted by Crippen LogP contribution is 2.46. The average molecular weight is 429 g/mol. The topological polar surface area (TPSA) is 78.3 Å². The van der Waals surface area contributed by atoms with Gasteiger partial charge in [0.05, 0.1) is 13.7 Å². The lowest BCUT2D eigenvalue weighted by atomic mass is 9.73. The van der Waals surface area contributed by atoms with Crippen molar-refractivity contribution in [2.24, 2.45) is 5.41 Å². The summed E-state index contributed by atoms with van der Waals surface area (Å²) in [6.45, 7) is 8.82. The molecule has 0 amide bonds. The number of rotatable bonds is 6. The number of hydrogen-bond acceptors (Lipinski definition) is 7. The Kier molecular flexibility index (Phi) is 5.53. The number of Topliss-reactive ketones (excluding diaryl/α,β-unsaturated/α-hetero) is 1. The standard InChI is InChI=1S/C22H28N4O3S/c1-6-29-16-9-8-13(10-17(16)28-5)19-18-14(11-22(3,4)12-15(18)27)23-20-24-21(30-7-2)25-26(19)20/h8-10,19H,6-7,11-12H2,1-5H3,(H,23,24,25). The second-order valence-electron chi connectivity index (χ2n) is 8.30. The zero-order chi connectivity index (χ0) is 21.5. The maximum Gasteiger partial charge on any atom is 0.227 e. The summed E-state index contributed by atoms with van der Waals surface area (Å²) in [5, 5.41) is 8.83. The van der Waals surface area contributed by atoms with Crippen LogP contribution in [0.4, 0.5) is 5.95 Å². The van der Waals surface area contributed by atoms with Crippen LogP contribution in [0.3, 0.4) is 0 Å². The van der Waals surface area contributed by atoms with E-state index in [1.165, 1.54) is 0 Å². The minimum atomic E-state index is -0.344. The van der Waals surface area contributed by atoms with Gasteiger partial charge in [-0.05, 0) is 42.2 Å². The summed E-state index contributed by atoms with van der Waals surface area (Å²) in [4.78, 5) is 17.9. The molecule has 2 aliphatic rings. The highest BCUT2D eigenvalue weighted by atomic mass is 32.2. The highest BCUT2D eigenvalue weighted by Gasteiger charge is 2.42. The largest absolute Gasteiger partial charge is 0.493 e. The van der Waals surface area contributed by atoms with Gasteiger partial charge in [-0.15, -0.1) is 5.10 Å². The molecule has 0 fully saturated rings. The molecule has 2 heterocycles. The fourth-order valence-corrected chi connectivity index (χ4v) is 4.77. The number of nitrogens with one attached hydrogen (secondary N) is 1. The van der Waals surface area contributed by atoms with Crippen LogP contribution in [0.25, 0.3) is 0 Å². The number of carbonyl (C=O) groups is 1. The number of ketones is 1. The Morgan fingerprint density at radius 2 is 2.07 bits per heavy atom. The fourth-order valence-electron chi connectivity index (χ4n) is 4.22. The Hall–Kier alpha value is -2.48. The Morgan fingerprint density at radius 1 is 1.27 bits per heavy atom. The zero-order valence-electron chi connectivity index (χ0n) is 18.1. The summed E-state index contributed by atoms with van der Waals surface area (Å²) in [5.41, 5.74) is 2.55. The highest BCUT2D eigenvalue weighted by molar-refractivity contribution is 7.99. The van der Waals surface area contributed by atoms with Crippen LogP contribution in [0.1, 0.15) is 52.1 Å². The van der Waals surface area contributed by atoms with Crippen LogP contribution >= 0.6 is 11.8 Å². The summed E-state index contributed by atoms with van der Waals surface area (Å²) in [6, 6.07) is 5.48.